The fourth-order valence-corrected chi connectivity index (χ4v) is 2.61. The van der Waals surface area contributed by atoms with Gasteiger partial charge in [0.1, 0.15) is 0 Å². The van der Waals surface area contributed by atoms with Gasteiger partial charge in [-0.15, -0.1) is 0 Å². The maximum absolute atomic E-state index is 5.56. The molecule has 0 aliphatic carbocycles. The lowest BCUT2D eigenvalue weighted by atomic mass is 10.1. The number of benzene rings is 2. The minimum atomic E-state index is 0.729. The summed E-state index contributed by atoms with van der Waals surface area (Å²) in [6.45, 7) is 7.19. The first kappa shape index (κ1) is 15.5. The van der Waals surface area contributed by atoms with Gasteiger partial charge >= 0.3 is 0 Å². The summed E-state index contributed by atoms with van der Waals surface area (Å²) in [5.41, 5.74) is 4.72. The van der Waals surface area contributed by atoms with E-state index in [1.54, 1.807) is 0 Å². The Labute approximate surface area is 132 Å². The van der Waals surface area contributed by atoms with Gasteiger partial charge in [-0.3, -0.25) is 0 Å². The maximum atomic E-state index is 5.56. The molecule has 0 fully saturated rings. The molecular formula is C18H22N2S. The van der Waals surface area contributed by atoms with Gasteiger partial charge in [-0.25, -0.2) is 0 Å². The van der Waals surface area contributed by atoms with Crippen LogP contribution >= 0.6 is 12.2 Å². The molecular weight excluding hydrogens is 276 g/mol. The number of thiocarbonyl (C=S) groups is 1. The molecule has 0 aromatic heterocycles. The highest BCUT2D eigenvalue weighted by atomic mass is 32.1. The van der Waals surface area contributed by atoms with Gasteiger partial charge < -0.3 is 10.2 Å². The van der Waals surface area contributed by atoms with Gasteiger partial charge in [-0.2, -0.15) is 0 Å². The van der Waals surface area contributed by atoms with Gasteiger partial charge in [0.2, 0.25) is 0 Å². The molecule has 0 saturated heterocycles. The molecule has 0 unspecified atom stereocenters. The quantitative estimate of drug-likeness (QED) is 0.818. The van der Waals surface area contributed by atoms with E-state index in [-0.39, 0.29) is 0 Å². The Kier molecular flexibility index (Phi) is 5.34. The summed E-state index contributed by atoms with van der Waals surface area (Å²) in [4.78, 5) is 2.11. The van der Waals surface area contributed by atoms with E-state index in [0.29, 0.717) is 0 Å². The molecule has 0 bridgehead atoms. The number of rotatable bonds is 4. The number of hydrogen-bond donors (Lipinski definition) is 1. The summed E-state index contributed by atoms with van der Waals surface area (Å²) in [7, 11) is 0. The first-order chi connectivity index (χ1) is 10.1. The van der Waals surface area contributed by atoms with Crippen molar-refractivity contribution in [1.29, 1.82) is 0 Å². The summed E-state index contributed by atoms with van der Waals surface area (Å²) >= 11 is 5.56. The fourth-order valence-electron chi connectivity index (χ4n) is 2.25. The molecule has 0 spiro atoms. The highest BCUT2D eigenvalue weighted by molar-refractivity contribution is 7.80. The van der Waals surface area contributed by atoms with Gasteiger partial charge in [0, 0.05) is 17.9 Å². The Balaban J connectivity index is 2.12. The van der Waals surface area contributed by atoms with Gasteiger partial charge in [0.25, 0.3) is 0 Å². The molecule has 2 rings (SSSR count). The van der Waals surface area contributed by atoms with Crippen molar-refractivity contribution >= 4 is 28.7 Å². The molecule has 0 heterocycles. The normalized spacial score (nSPS) is 10.2. The average Bonchev–Trinajstić information content (AvgIpc) is 2.49. The zero-order chi connectivity index (χ0) is 15.2. The Bertz CT molecular complexity index is 605. The zero-order valence-corrected chi connectivity index (χ0v) is 13.7. The average molecular weight is 298 g/mol. The van der Waals surface area contributed by atoms with Crippen LogP contribution in [-0.2, 0) is 6.42 Å². The van der Waals surface area contributed by atoms with Crippen molar-refractivity contribution in [2.45, 2.75) is 27.2 Å². The van der Waals surface area contributed by atoms with Gasteiger partial charge in [0.05, 0.1) is 0 Å². The minimum absolute atomic E-state index is 0.729. The van der Waals surface area contributed by atoms with Crippen LogP contribution in [0.15, 0.2) is 48.5 Å². The molecule has 0 radical (unpaired) electrons. The van der Waals surface area contributed by atoms with E-state index in [0.717, 1.165) is 29.5 Å². The third-order valence-corrected chi connectivity index (χ3v) is 3.81. The molecule has 2 aromatic carbocycles. The highest BCUT2D eigenvalue weighted by Gasteiger charge is 2.10. The molecule has 0 saturated carbocycles. The second kappa shape index (κ2) is 7.23. The first-order valence-corrected chi connectivity index (χ1v) is 7.79. The third-order valence-electron chi connectivity index (χ3n) is 3.49. The molecule has 21 heavy (non-hydrogen) atoms. The van der Waals surface area contributed by atoms with Crippen molar-refractivity contribution < 1.29 is 0 Å². The van der Waals surface area contributed by atoms with Crippen molar-refractivity contribution in [3.05, 3.63) is 59.7 Å². The Morgan fingerprint density at radius 3 is 2.38 bits per heavy atom. The molecule has 0 atom stereocenters. The van der Waals surface area contributed by atoms with E-state index in [2.05, 4.69) is 79.5 Å². The Morgan fingerprint density at radius 2 is 1.81 bits per heavy atom. The lowest BCUT2D eigenvalue weighted by Crippen LogP contribution is -2.34. The predicted octanol–water partition coefficient (Wildman–Crippen LogP) is 4.78. The van der Waals surface area contributed by atoms with Crippen LogP contribution in [-0.4, -0.2) is 11.7 Å². The lowest BCUT2D eigenvalue weighted by molar-refractivity contribution is 1.06. The zero-order valence-electron chi connectivity index (χ0n) is 12.9. The van der Waals surface area contributed by atoms with E-state index >= 15 is 0 Å². The molecule has 0 aliphatic rings. The molecule has 2 aromatic rings. The van der Waals surface area contributed by atoms with Crippen molar-refractivity contribution in [2.24, 2.45) is 0 Å². The second-order valence-corrected chi connectivity index (χ2v) is 5.45. The van der Waals surface area contributed by atoms with E-state index in [9.17, 15) is 0 Å². The molecule has 0 amide bonds. The summed E-state index contributed by atoms with van der Waals surface area (Å²) in [6, 6.07) is 16.8. The number of aryl methyl sites for hydroxylation is 2. The maximum Gasteiger partial charge on any atom is 0.177 e. The number of hydrogen-bond acceptors (Lipinski definition) is 1. The van der Waals surface area contributed by atoms with Crippen molar-refractivity contribution in [1.82, 2.24) is 0 Å². The van der Waals surface area contributed by atoms with Crippen molar-refractivity contribution in [3.8, 4) is 0 Å². The molecule has 3 heteroatoms. The van der Waals surface area contributed by atoms with Crippen LogP contribution in [0.2, 0.25) is 0 Å². The van der Waals surface area contributed by atoms with Crippen LogP contribution in [0.3, 0.4) is 0 Å². The summed E-state index contributed by atoms with van der Waals surface area (Å²) in [5.74, 6) is 0. The lowest BCUT2D eigenvalue weighted by Gasteiger charge is -2.25. The molecule has 1 N–H and O–H groups in total. The Morgan fingerprint density at radius 1 is 1.10 bits per heavy atom. The monoisotopic (exact) mass is 298 g/mol. The van der Waals surface area contributed by atoms with Crippen LogP contribution in [0.5, 0.6) is 0 Å². The third kappa shape index (κ3) is 4.05. The van der Waals surface area contributed by atoms with E-state index in [1.807, 2.05) is 0 Å². The Hall–Kier alpha value is -1.87. The highest BCUT2D eigenvalue weighted by Crippen LogP contribution is 2.18. The summed E-state index contributed by atoms with van der Waals surface area (Å²) in [6.07, 6.45) is 1.05. The smallest absolute Gasteiger partial charge is 0.177 e. The van der Waals surface area contributed by atoms with E-state index < -0.39 is 0 Å². The van der Waals surface area contributed by atoms with Gasteiger partial charge in [-0.1, -0.05) is 31.2 Å². The van der Waals surface area contributed by atoms with Gasteiger partial charge in [0.15, 0.2) is 5.11 Å². The van der Waals surface area contributed by atoms with Crippen LogP contribution in [0.1, 0.15) is 25.0 Å². The molecule has 2 nitrogen and oxygen atoms in total. The fraction of sp³-hybridized carbons (Fsp3) is 0.278. The van der Waals surface area contributed by atoms with E-state index in [1.165, 1.54) is 11.1 Å². The van der Waals surface area contributed by atoms with Crippen LogP contribution in [0, 0.1) is 6.92 Å². The predicted molar refractivity (Wildman–Crippen MR) is 96.2 cm³/mol. The van der Waals surface area contributed by atoms with Gasteiger partial charge in [-0.05, 0) is 67.9 Å². The van der Waals surface area contributed by atoms with Crippen LogP contribution < -0.4 is 10.2 Å². The van der Waals surface area contributed by atoms with E-state index in [4.69, 9.17) is 12.2 Å². The van der Waals surface area contributed by atoms with Crippen LogP contribution in [0.25, 0.3) is 0 Å². The molecule has 110 valence electrons. The topological polar surface area (TPSA) is 15.3 Å². The van der Waals surface area contributed by atoms with Crippen molar-refractivity contribution in [2.75, 3.05) is 16.8 Å². The standard InChI is InChI=1S/C18H22N2S/c1-4-15-9-11-16(12-10-15)19-18(21)20(5-2)17-8-6-7-14(3)13-17/h6-13H,4-5H2,1-3H3,(H,19,21). The number of nitrogens with zero attached hydrogens (tertiary/aromatic N) is 1. The summed E-state index contributed by atoms with van der Waals surface area (Å²) in [5, 5.41) is 4.05. The van der Waals surface area contributed by atoms with Crippen molar-refractivity contribution in [3.63, 3.8) is 0 Å². The SMILES string of the molecule is CCc1ccc(NC(=S)N(CC)c2cccc(C)c2)cc1. The number of nitrogens with one attached hydrogen (secondary N) is 1. The minimum Gasteiger partial charge on any atom is -0.332 e. The second-order valence-electron chi connectivity index (χ2n) is 5.06. The summed E-state index contributed by atoms with van der Waals surface area (Å²) < 4.78 is 0. The molecule has 0 aliphatic heterocycles. The first-order valence-electron chi connectivity index (χ1n) is 7.38. The van der Waals surface area contributed by atoms with Crippen LogP contribution in [0.4, 0.5) is 11.4 Å². The number of anilines is 2. The largest absolute Gasteiger partial charge is 0.332 e.